The predicted molar refractivity (Wildman–Crippen MR) is 386 cm³/mol. The maximum Gasteiger partial charge on any atom is 0.119 e. The first-order valence-electron chi connectivity index (χ1n) is 31.4. The molecule has 0 aliphatic rings. The number of aliphatic imine (C=N–C) groups is 4. The normalized spacial score (nSPS) is 10.4. The first kappa shape index (κ1) is 62.6. The van der Waals surface area contributed by atoms with Crippen molar-refractivity contribution in [1.82, 2.24) is 0 Å². The molecule has 0 heterocycles. The second-order valence-corrected chi connectivity index (χ2v) is 22.0. The monoisotopic (exact) mass is 1230 g/mol. The van der Waals surface area contributed by atoms with Gasteiger partial charge in [-0.2, -0.15) is 0 Å². The summed E-state index contributed by atoms with van der Waals surface area (Å²) in [4.78, 5) is 19.0. The average molecular weight is 1240 g/mol. The van der Waals surface area contributed by atoms with Crippen LogP contribution in [0.15, 0.2) is 335 Å². The van der Waals surface area contributed by atoms with Crippen LogP contribution in [-0.2, 0) is 19.8 Å². The summed E-state index contributed by atoms with van der Waals surface area (Å²) in [5, 5.41) is 0. The number of hydrogen-bond donors (Lipinski definition) is 0. The highest BCUT2D eigenvalue weighted by atomic mass is 16.5. The van der Waals surface area contributed by atoms with Gasteiger partial charge in [0, 0.05) is 0 Å². The van der Waals surface area contributed by atoms with Gasteiger partial charge in [0.2, 0.25) is 0 Å². The van der Waals surface area contributed by atoms with Crippen molar-refractivity contribution in [2.24, 2.45) is 20.0 Å². The van der Waals surface area contributed by atoms with E-state index >= 15 is 0 Å². The van der Waals surface area contributed by atoms with Crippen molar-refractivity contribution in [1.29, 1.82) is 0 Å². The zero-order valence-corrected chi connectivity index (χ0v) is 52.7. The molecule has 0 aliphatic heterocycles. The molecule has 0 saturated heterocycles. The van der Waals surface area contributed by atoms with Crippen LogP contribution in [0.1, 0.15) is 68.1 Å². The van der Waals surface area contributed by atoms with Gasteiger partial charge < -0.3 is 23.7 Å². The number of rotatable bonds is 24. The standard InChI is InChI=1S/C86H66N4O5/c1-3-92-79-46-30-70(31-47-79)83(66-16-8-4-9-17-66)56-87-74-38-24-63(25-39-74)60-93-80-48-32-71(33-49-80)84(67-18-10-5-11-19-67)57-88-75-40-26-64(27-41-75)61-94-81-50-34-72(35-51-81)85(68-20-12-6-13-21-68)58-89-76-42-28-65(29-43-76)62-95-82-52-36-73(37-53-82)86(69-22-14-7-15-23-69)59-90-77-44-54-78(91-2)55-45-77/h4-55H,3,60-62H2,1-2H3. The van der Waals surface area contributed by atoms with Crippen molar-refractivity contribution in [2.75, 3.05) is 13.7 Å². The van der Waals surface area contributed by atoms with E-state index in [4.69, 9.17) is 38.7 Å². The van der Waals surface area contributed by atoms with Crippen LogP contribution in [0.2, 0.25) is 0 Å². The van der Waals surface area contributed by atoms with Crippen molar-refractivity contribution < 1.29 is 23.7 Å². The largest absolute Gasteiger partial charge is 0.497 e. The molecule has 0 bridgehead atoms. The number of nitrogens with zero attached hydrogens (tertiary/aromatic N) is 4. The number of ether oxygens (including phenoxy) is 5. The summed E-state index contributed by atoms with van der Waals surface area (Å²) < 4.78 is 29.8. The second kappa shape index (κ2) is 31.9. The third-order valence-corrected chi connectivity index (χ3v) is 15.4. The third kappa shape index (κ3) is 17.5. The minimum absolute atomic E-state index is 0.383. The Kier molecular flexibility index (Phi) is 21.1. The van der Waals surface area contributed by atoms with E-state index in [1.165, 1.54) is 0 Å². The fourth-order valence-electron chi connectivity index (χ4n) is 10.3. The van der Waals surface area contributed by atoms with E-state index in [9.17, 15) is 0 Å². The molecule has 0 atom stereocenters. The molecule has 0 aliphatic carbocycles. The molecule has 95 heavy (non-hydrogen) atoms. The van der Waals surface area contributed by atoms with Gasteiger partial charge in [-0.25, -0.2) is 20.0 Å². The van der Waals surface area contributed by atoms with E-state index in [0.717, 1.165) is 135 Å². The molecular weight excluding hydrogens is 1170 g/mol. The minimum atomic E-state index is 0.383. The van der Waals surface area contributed by atoms with Crippen LogP contribution in [-0.4, -0.2) is 37.2 Å². The quantitative estimate of drug-likeness (QED) is 0.0562. The summed E-state index contributed by atoms with van der Waals surface area (Å²) in [6.45, 7) is 3.77. The first-order valence-corrected chi connectivity index (χ1v) is 31.4. The van der Waals surface area contributed by atoms with Gasteiger partial charge in [-0.3, -0.25) is 0 Å². The third-order valence-electron chi connectivity index (χ3n) is 15.4. The van der Waals surface area contributed by atoms with E-state index < -0.39 is 0 Å². The number of methoxy groups -OCH3 is 1. The van der Waals surface area contributed by atoms with Gasteiger partial charge in [0.05, 0.1) is 58.8 Å². The first-order chi connectivity index (χ1) is 46.9. The van der Waals surface area contributed by atoms with Gasteiger partial charge in [-0.15, -0.1) is 0 Å². The molecule has 12 aromatic rings. The Bertz CT molecular complexity index is 4750. The lowest BCUT2D eigenvalue weighted by Crippen LogP contribution is -1.96. The van der Waals surface area contributed by atoms with Crippen LogP contribution in [0.4, 0.5) is 22.7 Å². The molecule has 0 fully saturated rings. The van der Waals surface area contributed by atoms with Gasteiger partial charge >= 0.3 is 0 Å². The van der Waals surface area contributed by atoms with Crippen LogP contribution in [0.25, 0.3) is 22.3 Å². The molecule has 0 N–H and O–H groups in total. The molecule has 0 amide bonds. The zero-order chi connectivity index (χ0) is 64.6. The summed E-state index contributed by atoms with van der Waals surface area (Å²) in [5.41, 5.74) is 17.6. The van der Waals surface area contributed by atoms with Crippen LogP contribution in [0, 0.1) is 0 Å². The number of hydrogen-bond acceptors (Lipinski definition) is 9. The maximum atomic E-state index is 6.30. The molecular formula is C86H66N4O5. The van der Waals surface area contributed by atoms with E-state index in [2.05, 4.69) is 77.0 Å². The van der Waals surface area contributed by atoms with Crippen LogP contribution >= 0.6 is 0 Å². The predicted octanol–water partition coefficient (Wildman–Crippen LogP) is 20.6. The van der Waals surface area contributed by atoms with Gasteiger partial charge in [0.25, 0.3) is 0 Å². The molecule has 0 saturated carbocycles. The summed E-state index contributed by atoms with van der Waals surface area (Å²) in [6.07, 6.45) is 0. The fraction of sp³-hybridized carbons (Fsp3) is 0.0698. The van der Waals surface area contributed by atoms with Crippen molar-refractivity contribution in [3.8, 4) is 28.7 Å². The molecule has 12 rings (SSSR count). The lowest BCUT2D eigenvalue weighted by Gasteiger charge is -2.10. The number of benzene rings is 12. The van der Waals surface area contributed by atoms with Crippen molar-refractivity contribution in [3.63, 3.8) is 0 Å². The van der Waals surface area contributed by atoms with Crippen molar-refractivity contribution in [2.45, 2.75) is 26.7 Å². The summed E-state index contributed by atoms with van der Waals surface area (Å²) in [5.74, 6) is 17.2. The van der Waals surface area contributed by atoms with Gasteiger partial charge in [0.1, 0.15) is 48.6 Å². The Balaban J connectivity index is 0.654. The second-order valence-electron chi connectivity index (χ2n) is 22.0. The lowest BCUT2D eigenvalue weighted by molar-refractivity contribution is 0.306. The Hall–Kier alpha value is -12.6. The summed E-state index contributed by atoms with van der Waals surface area (Å²) >= 11 is 0. The highest BCUT2D eigenvalue weighted by molar-refractivity contribution is 6.02. The smallest absolute Gasteiger partial charge is 0.119 e. The van der Waals surface area contributed by atoms with Crippen LogP contribution in [0.3, 0.4) is 0 Å². The molecule has 460 valence electrons. The van der Waals surface area contributed by atoms with Crippen molar-refractivity contribution in [3.05, 3.63) is 377 Å². The molecule has 0 unspecified atom stereocenters. The van der Waals surface area contributed by atoms with Crippen LogP contribution in [0.5, 0.6) is 28.7 Å². The zero-order valence-electron chi connectivity index (χ0n) is 52.7. The molecule has 9 nitrogen and oxygen atoms in total. The molecule has 0 aromatic heterocycles. The minimum Gasteiger partial charge on any atom is -0.497 e. The highest BCUT2D eigenvalue weighted by Crippen LogP contribution is 2.30. The molecule has 0 spiro atoms. The Labute approximate surface area is 555 Å². The van der Waals surface area contributed by atoms with E-state index in [1.54, 1.807) is 7.11 Å². The maximum absolute atomic E-state index is 6.30. The Morgan fingerprint density at radius 1 is 0.242 bits per heavy atom. The van der Waals surface area contributed by atoms with Gasteiger partial charge in [-0.05, 0) is 249 Å². The van der Waals surface area contributed by atoms with Crippen LogP contribution < -0.4 is 23.7 Å². The molecule has 0 radical (unpaired) electrons. The summed E-state index contributed by atoms with van der Waals surface area (Å²) in [7, 11) is 1.65. The summed E-state index contributed by atoms with van der Waals surface area (Å²) in [6, 6.07) is 104. The van der Waals surface area contributed by atoms with E-state index in [1.807, 2.05) is 274 Å². The lowest BCUT2D eigenvalue weighted by atomic mass is 9.99. The SMILES string of the molecule is CCOc1ccc(C(=C=Nc2ccc(COc3ccc(C(=C=Nc4ccc(COc5ccc(C(=C=Nc6ccc(COc7ccc(C(=C=Nc8ccc(OC)cc8)c8ccccc8)cc7)cc6)c6ccccc6)cc5)cc4)c4ccccc4)cc3)cc2)c2ccccc2)cc1. The molecule has 12 aromatic carbocycles. The fourth-order valence-corrected chi connectivity index (χ4v) is 10.3. The van der Waals surface area contributed by atoms with E-state index in [-0.39, 0.29) is 0 Å². The van der Waals surface area contributed by atoms with E-state index in [0.29, 0.717) is 26.4 Å². The Morgan fingerprint density at radius 3 is 0.684 bits per heavy atom. The van der Waals surface area contributed by atoms with Gasteiger partial charge in [-0.1, -0.05) is 158 Å². The molecule has 9 heteroatoms. The van der Waals surface area contributed by atoms with Gasteiger partial charge in [0.15, 0.2) is 0 Å². The highest BCUT2D eigenvalue weighted by Gasteiger charge is 2.12. The van der Waals surface area contributed by atoms with Crippen molar-refractivity contribution >= 4 is 68.5 Å². The average Bonchev–Trinajstić information content (AvgIpc) is 2.55. The topological polar surface area (TPSA) is 95.6 Å². The Morgan fingerprint density at radius 2 is 0.453 bits per heavy atom.